The molecule has 0 spiro atoms. The van der Waals surface area contributed by atoms with E-state index in [0.29, 0.717) is 0 Å². The summed E-state index contributed by atoms with van der Waals surface area (Å²) in [6.45, 7) is 7.61. The molecule has 1 saturated heterocycles. The van der Waals surface area contributed by atoms with E-state index in [-0.39, 0.29) is 0 Å². The summed E-state index contributed by atoms with van der Waals surface area (Å²) in [5.41, 5.74) is 9.12. The van der Waals surface area contributed by atoms with Crippen LogP contribution in [0.3, 0.4) is 0 Å². The van der Waals surface area contributed by atoms with Gasteiger partial charge in [-0.15, -0.1) is 0 Å². The number of likely N-dealkylation sites (N-methyl/N-ethyl adjacent to an activating group) is 1. The number of fused-ring (bicyclic) bond motifs is 1. The zero-order valence-electron chi connectivity index (χ0n) is 11.3. The molecule has 19 heavy (non-hydrogen) atoms. The number of piperazine rings is 1. The Morgan fingerprint density at radius 3 is 2.63 bits per heavy atom. The minimum Gasteiger partial charge on any atom is -0.396 e. The van der Waals surface area contributed by atoms with E-state index in [1.54, 1.807) is 6.20 Å². The van der Waals surface area contributed by atoms with Crippen molar-refractivity contribution in [3.05, 3.63) is 30.5 Å². The molecular weight excluding hydrogens is 236 g/mol. The lowest BCUT2D eigenvalue weighted by molar-refractivity contribution is 0.271. The van der Waals surface area contributed by atoms with E-state index >= 15 is 0 Å². The van der Waals surface area contributed by atoms with E-state index in [0.717, 1.165) is 55.0 Å². The highest BCUT2D eigenvalue weighted by Gasteiger charge is 2.19. The van der Waals surface area contributed by atoms with Crippen molar-refractivity contribution in [3.8, 4) is 0 Å². The van der Waals surface area contributed by atoms with Crippen LogP contribution in [0.2, 0.25) is 0 Å². The van der Waals surface area contributed by atoms with Gasteiger partial charge >= 0.3 is 0 Å². The van der Waals surface area contributed by atoms with Crippen LogP contribution in [-0.2, 0) is 0 Å². The maximum absolute atomic E-state index is 6.17. The Hall–Kier alpha value is -1.81. The number of anilines is 2. The predicted octanol–water partition coefficient (Wildman–Crippen LogP) is 1.96. The first-order valence-electron chi connectivity index (χ1n) is 6.90. The summed E-state index contributed by atoms with van der Waals surface area (Å²) >= 11 is 0. The lowest BCUT2D eigenvalue weighted by Crippen LogP contribution is -2.46. The fourth-order valence-electron chi connectivity index (χ4n) is 2.78. The highest BCUT2D eigenvalue weighted by Crippen LogP contribution is 2.31. The average molecular weight is 256 g/mol. The maximum Gasteiger partial charge on any atom is 0.0745 e. The molecule has 1 aromatic heterocycles. The Morgan fingerprint density at radius 1 is 1.16 bits per heavy atom. The largest absolute Gasteiger partial charge is 0.396 e. The van der Waals surface area contributed by atoms with Crippen molar-refractivity contribution < 1.29 is 0 Å². The van der Waals surface area contributed by atoms with Gasteiger partial charge in [-0.25, -0.2) is 0 Å². The van der Waals surface area contributed by atoms with Gasteiger partial charge in [-0.3, -0.25) is 4.98 Å². The molecule has 0 unspecified atom stereocenters. The number of rotatable bonds is 2. The number of pyridine rings is 1. The first kappa shape index (κ1) is 12.2. The molecule has 0 amide bonds. The van der Waals surface area contributed by atoms with Crippen LogP contribution in [-0.4, -0.2) is 42.6 Å². The number of nitrogens with zero attached hydrogens (tertiary/aromatic N) is 3. The Labute approximate surface area is 113 Å². The quantitative estimate of drug-likeness (QED) is 0.892. The summed E-state index contributed by atoms with van der Waals surface area (Å²) in [5, 5.41) is 1.16. The molecule has 1 aromatic carbocycles. The molecule has 0 bridgehead atoms. The molecule has 4 heteroatoms. The van der Waals surface area contributed by atoms with Gasteiger partial charge in [0.25, 0.3) is 0 Å². The average Bonchev–Trinajstić information content (AvgIpc) is 2.47. The predicted molar refractivity (Wildman–Crippen MR) is 80.5 cm³/mol. The van der Waals surface area contributed by atoms with Crippen molar-refractivity contribution in [1.82, 2.24) is 9.88 Å². The van der Waals surface area contributed by atoms with E-state index in [9.17, 15) is 0 Å². The van der Waals surface area contributed by atoms with Crippen molar-refractivity contribution in [1.29, 1.82) is 0 Å². The maximum atomic E-state index is 6.17. The van der Waals surface area contributed by atoms with E-state index < -0.39 is 0 Å². The highest BCUT2D eigenvalue weighted by molar-refractivity contribution is 5.97. The second kappa shape index (κ2) is 5.05. The second-order valence-corrected chi connectivity index (χ2v) is 5.00. The Balaban J connectivity index is 1.98. The SMILES string of the molecule is CCN1CCN(c2c(N)cnc3ccccc23)CC1. The Morgan fingerprint density at radius 2 is 1.89 bits per heavy atom. The van der Waals surface area contributed by atoms with Gasteiger partial charge in [0, 0.05) is 31.6 Å². The minimum absolute atomic E-state index is 0.781. The van der Waals surface area contributed by atoms with Gasteiger partial charge in [0.2, 0.25) is 0 Å². The van der Waals surface area contributed by atoms with Crippen LogP contribution in [0.25, 0.3) is 10.9 Å². The summed E-state index contributed by atoms with van der Waals surface area (Å²) in [5.74, 6) is 0. The normalized spacial score (nSPS) is 17.0. The zero-order chi connectivity index (χ0) is 13.2. The molecule has 4 nitrogen and oxygen atoms in total. The topological polar surface area (TPSA) is 45.4 Å². The molecule has 1 fully saturated rings. The molecule has 0 radical (unpaired) electrons. The Kier molecular flexibility index (Phi) is 3.25. The van der Waals surface area contributed by atoms with Gasteiger partial charge in [0.05, 0.1) is 23.1 Å². The van der Waals surface area contributed by atoms with Crippen molar-refractivity contribution >= 4 is 22.3 Å². The van der Waals surface area contributed by atoms with E-state index in [1.807, 2.05) is 12.1 Å². The van der Waals surface area contributed by atoms with Crippen molar-refractivity contribution in [2.75, 3.05) is 43.4 Å². The first-order chi connectivity index (χ1) is 9.29. The summed E-state index contributed by atoms with van der Waals surface area (Å²) in [6.07, 6.45) is 1.78. The minimum atomic E-state index is 0.781. The molecule has 0 aliphatic carbocycles. The van der Waals surface area contributed by atoms with Crippen LogP contribution in [0.4, 0.5) is 11.4 Å². The van der Waals surface area contributed by atoms with E-state index in [4.69, 9.17) is 5.73 Å². The molecule has 1 aliphatic rings. The zero-order valence-corrected chi connectivity index (χ0v) is 11.3. The fourth-order valence-corrected chi connectivity index (χ4v) is 2.78. The van der Waals surface area contributed by atoms with Crippen LogP contribution in [0.15, 0.2) is 30.5 Å². The lowest BCUT2D eigenvalue weighted by atomic mass is 10.1. The van der Waals surface area contributed by atoms with Gasteiger partial charge in [-0.1, -0.05) is 25.1 Å². The molecular formula is C15H20N4. The van der Waals surface area contributed by atoms with Gasteiger partial charge in [0.1, 0.15) is 0 Å². The van der Waals surface area contributed by atoms with Gasteiger partial charge in [-0.05, 0) is 12.6 Å². The molecule has 2 aromatic rings. The number of para-hydroxylation sites is 1. The molecule has 2 heterocycles. The molecule has 0 atom stereocenters. The summed E-state index contributed by atoms with van der Waals surface area (Å²) < 4.78 is 0. The van der Waals surface area contributed by atoms with Crippen LogP contribution < -0.4 is 10.6 Å². The van der Waals surface area contributed by atoms with Crippen LogP contribution in [0.5, 0.6) is 0 Å². The van der Waals surface area contributed by atoms with Gasteiger partial charge in [-0.2, -0.15) is 0 Å². The van der Waals surface area contributed by atoms with E-state index in [2.05, 4.69) is 33.8 Å². The second-order valence-electron chi connectivity index (χ2n) is 5.00. The number of hydrogen-bond donors (Lipinski definition) is 1. The molecule has 100 valence electrons. The lowest BCUT2D eigenvalue weighted by Gasteiger charge is -2.36. The molecule has 1 aliphatic heterocycles. The number of nitrogen functional groups attached to an aromatic ring is 1. The first-order valence-corrected chi connectivity index (χ1v) is 6.90. The van der Waals surface area contributed by atoms with Crippen molar-refractivity contribution in [2.45, 2.75) is 6.92 Å². The molecule has 0 saturated carbocycles. The third kappa shape index (κ3) is 2.24. The van der Waals surface area contributed by atoms with E-state index in [1.165, 1.54) is 0 Å². The van der Waals surface area contributed by atoms with Crippen LogP contribution >= 0.6 is 0 Å². The number of aromatic nitrogens is 1. The van der Waals surface area contributed by atoms with Crippen LogP contribution in [0, 0.1) is 0 Å². The summed E-state index contributed by atoms with van der Waals surface area (Å²) in [4.78, 5) is 9.27. The number of benzene rings is 1. The standard InChI is InChI=1S/C15H20N4/c1-2-18-7-9-19(10-8-18)15-12-5-3-4-6-14(12)17-11-13(15)16/h3-6,11H,2,7-10,16H2,1H3. The smallest absolute Gasteiger partial charge is 0.0745 e. The fraction of sp³-hybridized carbons (Fsp3) is 0.400. The summed E-state index contributed by atoms with van der Waals surface area (Å²) in [7, 11) is 0. The number of hydrogen-bond acceptors (Lipinski definition) is 4. The third-order valence-corrected chi connectivity index (χ3v) is 3.91. The highest BCUT2D eigenvalue weighted by atomic mass is 15.3. The molecule has 2 N–H and O–H groups in total. The van der Waals surface area contributed by atoms with Crippen molar-refractivity contribution in [3.63, 3.8) is 0 Å². The van der Waals surface area contributed by atoms with Crippen molar-refractivity contribution in [2.24, 2.45) is 0 Å². The van der Waals surface area contributed by atoms with Crippen LogP contribution in [0.1, 0.15) is 6.92 Å². The Bertz CT molecular complexity index is 573. The monoisotopic (exact) mass is 256 g/mol. The molecule has 3 rings (SSSR count). The third-order valence-electron chi connectivity index (χ3n) is 3.91. The van der Waals surface area contributed by atoms with Gasteiger partial charge in [0.15, 0.2) is 0 Å². The summed E-state index contributed by atoms with van der Waals surface area (Å²) in [6, 6.07) is 8.22. The van der Waals surface area contributed by atoms with Gasteiger partial charge < -0.3 is 15.5 Å². The number of nitrogens with two attached hydrogens (primary N) is 1.